The quantitative estimate of drug-likeness (QED) is 0.666. The Labute approximate surface area is 146 Å². The van der Waals surface area contributed by atoms with Gasteiger partial charge in [0.05, 0.1) is 0 Å². The van der Waals surface area contributed by atoms with Crippen LogP contribution in [-0.2, 0) is 18.5 Å². The van der Waals surface area contributed by atoms with E-state index in [1.54, 1.807) is 0 Å². The van der Waals surface area contributed by atoms with Crippen LogP contribution in [0.15, 0.2) is 48.5 Å². The second-order valence-electron chi connectivity index (χ2n) is 7.56. The van der Waals surface area contributed by atoms with E-state index in [1.165, 1.54) is 28.6 Å². The molecule has 3 aliphatic heterocycles. The lowest BCUT2D eigenvalue weighted by atomic mass is 9.81. The third-order valence-corrected chi connectivity index (χ3v) is 6.48. The smallest absolute Gasteiger partial charge is 0.195 e. The van der Waals surface area contributed by atoms with Crippen LogP contribution < -0.4 is 4.90 Å². The number of anilines is 1. The maximum absolute atomic E-state index is 13.7. The first-order valence-corrected chi connectivity index (χ1v) is 9.34. The number of hydrogen-bond acceptors (Lipinski definition) is 2. The van der Waals surface area contributed by atoms with Crippen molar-refractivity contribution in [3.63, 3.8) is 0 Å². The average molecular weight is 328 g/mol. The number of hydrogen-bond donors (Lipinski definition) is 0. The van der Waals surface area contributed by atoms with Gasteiger partial charge in [-0.05, 0) is 43.9 Å². The van der Waals surface area contributed by atoms with Gasteiger partial charge in [-0.25, -0.2) is 0 Å². The Kier molecular flexibility index (Phi) is 2.49. The second-order valence-corrected chi connectivity index (χ2v) is 7.56. The summed E-state index contributed by atoms with van der Waals surface area (Å²) in [5.74, 6) is 0.312. The van der Waals surface area contributed by atoms with Crippen molar-refractivity contribution >= 4 is 22.4 Å². The van der Waals surface area contributed by atoms with Crippen molar-refractivity contribution < 1.29 is 4.79 Å². The maximum atomic E-state index is 13.7. The van der Waals surface area contributed by atoms with Gasteiger partial charge in [-0.2, -0.15) is 0 Å². The van der Waals surface area contributed by atoms with Crippen LogP contribution in [0.2, 0.25) is 0 Å². The monoisotopic (exact) mass is 328 g/mol. The van der Waals surface area contributed by atoms with Gasteiger partial charge < -0.3 is 9.47 Å². The van der Waals surface area contributed by atoms with Gasteiger partial charge in [-0.3, -0.25) is 4.79 Å². The van der Waals surface area contributed by atoms with Crippen LogP contribution >= 0.6 is 0 Å². The zero-order valence-electron chi connectivity index (χ0n) is 14.2. The van der Waals surface area contributed by atoms with Crippen molar-refractivity contribution in [2.45, 2.75) is 37.8 Å². The van der Waals surface area contributed by atoms with Crippen molar-refractivity contribution in [3.8, 4) is 0 Å². The molecule has 0 N–H and O–H groups in total. The fourth-order valence-corrected chi connectivity index (χ4v) is 5.62. The molecule has 1 unspecified atom stereocenters. The number of carbonyl (C=O) groups is 1. The zero-order chi connectivity index (χ0) is 16.6. The van der Waals surface area contributed by atoms with Crippen molar-refractivity contribution in [2.75, 3.05) is 11.4 Å². The van der Waals surface area contributed by atoms with Gasteiger partial charge >= 0.3 is 0 Å². The number of Topliss-reactive ketones (excluding diaryl/α,β-unsaturated/α-hetero) is 1. The molecule has 6 rings (SSSR count). The Morgan fingerprint density at radius 3 is 2.72 bits per heavy atom. The number of rotatable bonds is 1. The first-order valence-electron chi connectivity index (χ1n) is 9.34. The highest BCUT2D eigenvalue weighted by molar-refractivity contribution is 6.16. The predicted molar refractivity (Wildman–Crippen MR) is 99.3 cm³/mol. The summed E-state index contributed by atoms with van der Waals surface area (Å²) >= 11 is 0. The van der Waals surface area contributed by atoms with E-state index in [1.807, 2.05) is 12.1 Å². The Morgan fingerprint density at radius 2 is 1.76 bits per heavy atom. The summed E-state index contributed by atoms with van der Waals surface area (Å²) in [5.41, 5.74) is 5.56. The molecule has 124 valence electrons. The molecule has 0 radical (unpaired) electrons. The van der Waals surface area contributed by atoms with E-state index >= 15 is 0 Å². The van der Waals surface area contributed by atoms with Gasteiger partial charge in [0, 0.05) is 46.5 Å². The van der Waals surface area contributed by atoms with Gasteiger partial charge in [0.25, 0.3) is 0 Å². The van der Waals surface area contributed by atoms with Gasteiger partial charge in [-0.1, -0.05) is 30.3 Å². The molecule has 0 saturated carbocycles. The van der Waals surface area contributed by atoms with Crippen molar-refractivity contribution in [2.24, 2.45) is 0 Å². The van der Waals surface area contributed by atoms with Gasteiger partial charge in [0.1, 0.15) is 5.54 Å². The molecule has 1 atom stereocenters. The number of nitrogens with zero attached hydrogens (tertiary/aromatic N) is 2. The van der Waals surface area contributed by atoms with Crippen molar-refractivity contribution in [3.05, 3.63) is 65.4 Å². The number of aromatic nitrogens is 1. The average Bonchev–Trinajstić information content (AvgIpc) is 3.38. The number of fused-ring (bicyclic) bond motifs is 6. The molecule has 3 aromatic rings. The summed E-state index contributed by atoms with van der Waals surface area (Å²) in [6.07, 6.45) is 4.29. The number of ketones is 1. The lowest BCUT2D eigenvalue weighted by Crippen LogP contribution is -2.43. The molecule has 0 bridgehead atoms. The molecular formula is C22H20N2O. The third-order valence-electron chi connectivity index (χ3n) is 6.48. The predicted octanol–water partition coefficient (Wildman–Crippen LogP) is 4.28. The van der Waals surface area contributed by atoms with Crippen LogP contribution in [0.1, 0.15) is 40.9 Å². The highest BCUT2D eigenvalue weighted by Crippen LogP contribution is 2.54. The molecule has 25 heavy (non-hydrogen) atoms. The molecular weight excluding hydrogens is 308 g/mol. The van der Waals surface area contributed by atoms with Crippen LogP contribution in [0.4, 0.5) is 5.69 Å². The standard InChI is InChI=1S/C22H20N2O/c25-21-16-8-2-4-10-18(16)24-14-6-12-22(21,24)20-15-7-1-3-9-17(15)23-13-5-11-19(20)23/h1-4,7-10H,5-6,11-14H2. The number of carbonyl (C=O) groups excluding carboxylic acids is 1. The van der Waals surface area contributed by atoms with Crippen LogP contribution in [0.3, 0.4) is 0 Å². The summed E-state index contributed by atoms with van der Waals surface area (Å²) in [7, 11) is 0. The van der Waals surface area contributed by atoms with E-state index in [-0.39, 0.29) is 0 Å². The molecule has 4 heterocycles. The van der Waals surface area contributed by atoms with Crippen LogP contribution in [-0.4, -0.2) is 16.9 Å². The highest BCUT2D eigenvalue weighted by Gasteiger charge is 2.57. The Bertz CT molecular complexity index is 1050. The van der Waals surface area contributed by atoms with Crippen molar-refractivity contribution in [1.82, 2.24) is 4.57 Å². The number of aryl methyl sites for hydroxylation is 1. The lowest BCUT2D eigenvalue weighted by molar-refractivity contribution is 0.0907. The minimum atomic E-state index is -0.478. The molecule has 3 nitrogen and oxygen atoms in total. The zero-order valence-corrected chi connectivity index (χ0v) is 14.2. The Morgan fingerprint density at radius 1 is 0.920 bits per heavy atom. The molecule has 1 fully saturated rings. The lowest BCUT2D eigenvalue weighted by Gasteiger charge is -2.33. The fourth-order valence-electron chi connectivity index (χ4n) is 5.62. The maximum Gasteiger partial charge on any atom is 0.195 e. The fraction of sp³-hybridized carbons (Fsp3) is 0.318. The summed E-state index contributed by atoms with van der Waals surface area (Å²) in [6, 6.07) is 16.9. The molecule has 0 spiro atoms. The second kappa shape index (κ2) is 4.54. The van der Waals surface area contributed by atoms with E-state index in [0.717, 1.165) is 43.6 Å². The third kappa shape index (κ3) is 1.46. The van der Waals surface area contributed by atoms with E-state index in [0.29, 0.717) is 5.78 Å². The highest BCUT2D eigenvalue weighted by atomic mass is 16.1. The topological polar surface area (TPSA) is 25.2 Å². The molecule has 3 heteroatoms. The molecule has 1 saturated heterocycles. The van der Waals surface area contributed by atoms with Gasteiger partial charge in [-0.15, -0.1) is 0 Å². The molecule has 1 aromatic heterocycles. The van der Waals surface area contributed by atoms with E-state index in [4.69, 9.17) is 0 Å². The first kappa shape index (κ1) is 13.7. The van der Waals surface area contributed by atoms with Crippen LogP contribution in [0.5, 0.6) is 0 Å². The summed E-state index contributed by atoms with van der Waals surface area (Å²) in [6.45, 7) is 2.05. The van der Waals surface area contributed by atoms with Crippen LogP contribution in [0.25, 0.3) is 10.9 Å². The Balaban J connectivity index is 1.71. The molecule has 0 aliphatic carbocycles. The normalized spacial score (nSPS) is 24.0. The van der Waals surface area contributed by atoms with E-state index in [2.05, 4.69) is 45.9 Å². The van der Waals surface area contributed by atoms with E-state index < -0.39 is 5.54 Å². The van der Waals surface area contributed by atoms with Gasteiger partial charge in [0.2, 0.25) is 0 Å². The molecule has 2 aromatic carbocycles. The molecule has 0 amide bonds. The summed E-state index contributed by atoms with van der Waals surface area (Å²) < 4.78 is 2.46. The van der Waals surface area contributed by atoms with Crippen LogP contribution in [0, 0.1) is 0 Å². The van der Waals surface area contributed by atoms with Gasteiger partial charge in [0.15, 0.2) is 5.78 Å². The Hall–Kier alpha value is -2.55. The number of benzene rings is 2. The minimum absolute atomic E-state index is 0.312. The summed E-state index contributed by atoms with van der Waals surface area (Å²) in [4.78, 5) is 16.1. The van der Waals surface area contributed by atoms with Crippen molar-refractivity contribution in [1.29, 1.82) is 0 Å². The largest absolute Gasteiger partial charge is 0.354 e. The summed E-state index contributed by atoms with van der Waals surface area (Å²) in [5, 5.41) is 1.28. The molecule has 3 aliphatic rings. The minimum Gasteiger partial charge on any atom is -0.354 e. The SMILES string of the molecule is O=C1c2ccccc2N2CCCC12c1c2n(c3ccccc13)CCC2. The first-order chi connectivity index (χ1) is 12.3. The number of para-hydroxylation sites is 2. The van der Waals surface area contributed by atoms with E-state index in [9.17, 15) is 4.79 Å².